The van der Waals surface area contributed by atoms with Gasteiger partial charge in [0.25, 0.3) is 0 Å². The van der Waals surface area contributed by atoms with E-state index in [9.17, 15) is 9.59 Å². The number of rotatable bonds is 14. The number of aryl methyl sites for hydroxylation is 2. The van der Waals surface area contributed by atoms with Crippen LogP contribution in [0.25, 0.3) is 21.9 Å². The van der Waals surface area contributed by atoms with Crippen LogP contribution in [0.1, 0.15) is 37.6 Å². The lowest BCUT2D eigenvalue weighted by molar-refractivity contribution is -0.139. The number of carboxylic acids is 1. The smallest absolute Gasteiger partial charge is 0.341 e. The molecule has 2 aromatic carbocycles. The number of nitrogens with two attached hydrogens (primary N) is 1. The topological polar surface area (TPSA) is 127 Å². The van der Waals surface area contributed by atoms with Crippen LogP contribution in [0.5, 0.6) is 5.75 Å². The van der Waals surface area contributed by atoms with Crippen molar-refractivity contribution in [1.29, 1.82) is 0 Å². The molecule has 2 heterocycles. The Morgan fingerprint density at radius 1 is 1.10 bits per heavy atom. The molecule has 0 aliphatic heterocycles. The second-order valence-corrected chi connectivity index (χ2v) is 10.3. The zero-order chi connectivity index (χ0) is 29.5. The standard InChI is InChI=1S/C30H37FN6O4/c1-4-5-14-24-34-28-29(21-11-6-7-12-22(21)33-30(28)32)37(24)16-9-15-36(25(38)18-35(2)3)17-20-10-8-13-23(27(20)31)41-19-26(39)40/h6-8,10-13H,4-5,9,14-19H2,1-3H3,(H2,32,33)(H,39,40). The van der Waals surface area contributed by atoms with Crippen molar-refractivity contribution >= 4 is 39.6 Å². The summed E-state index contributed by atoms with van der Waals surface area (Å²) < 4.78 is 22.5. The second kappa shape index (κ2) is 13.4. The lowest BCUT2D eigenvalue weighted by atomic mass is 10.1. The predicted octanol–water partition coefficient (Wildman–Crippen LogP) is 4.09. The summed E-state index contributed by atoms with van der Waals surface area (Å²) in [4.78, 5) is 36.9. The average Bonchev–Trinajstić information content (AvgIpc) is 3.30. The van der Waals surface area contributed by atoms with Gasteiger partial charge in [-0.3, -0.25) is 4.79 Å². The minimum atomic E-state index is -1.20. The third-order valence-electron chi connectivity index (χ3n) is 6.81. The quantitative estimate of drug-likeness (QED) is 0.235. The zero-order valence-electron chi connectivity index (χ0n) is 23.8. The van der Waals surface area contributed by atoms with E-state index in [2.05, 4.69) is 16.5 Å². The van der Waals surface area contributed by atoms with Gasteiger partial charge >= 0.3 is 5.97 Å². The molecule has 1 amide bonds. The van der Waals surface area contributed by atoms with Gasteiger partial charge in [-0.15, -0.1) is 0 Å². The first-order valence-electron chi connectivity index (χ1n) is 13.8. The maximum Gasteiger partial charge on any atom is 0.341 e. The van der Waals surface area contributed by atoms with Gasteiger partial charge in [0.05, 0.1) is 17.6 Å². The number of para-hydroxylation sites is 1. The third-order valence-corrected chi connectivity index (χ3v) is 6.81. The minimum absolute atomic E-state index is 0.0238. The van der Waals surface area contributed by atoms with Gasteiger partial charge in [-0.25, -0.2) is 19.2 Å². The molecule has 0 fully saturated rings. The number of benzene rings is 2. The Morgan fingerprint density at radius 3 is 2.61 bits per heavy atom. The number of carbonyl (C=O) groups excluding carboxylic acids is 1. The number of anilines is 1. The summed E-state index contributed by atoms with van der Waals surface area (Å²) in [5, 5.41) is 9.86. The van der Waals surface area contributed by atoms with Crippen molar-refractivity contribution in [1.82, 2.24) is 24.3 Å². The van der Waals surface area contributed by atoms with Crippen molar-refractivity contribution in [3.63, 3.8) is 0 Å². The summed E-state index contributed by atoms with van der Waals surface area (Å²) in [6.07, 6.45) is 3.38. The number of ether oxygens (including phenoxy) is 1. The molecule has 218 valence electrons. The molecule has 0 saturated carbocycles. The van der Waals surface area contributed by atoms with Crippen molar-refractivity contribution in [2.45, 2.75) is 45.7 Å². The van der Waals surface area contributed by atoms with E-state index in [-0.39, 0.29) is 30.3 Å². The monoisotopic (exact) mass is 564 g/mol. The second-order valence-electron chi connectivity index (χ2n) is 10.3. The molecule has 3 N–H and O–H groups in total. The van der Waals surface area contributed by atoms with Crippen LogP contribution in [-0.4, -0.2) is 75.1 Å². The van der Waals surface area contributed by atoms with Gasteiger partial charge in [0.15, 0.2) is 24.0 Å². The Labute approximate surface area is 238 Å². The van der Waals surface area contributed by atoms with Gasteiger partial charge in [-0.2, -0.15) is 0 Å². The van der Waals surface area contributed by atoms with Gasteiger partial charge in [-0.05, 0) is 39.1 Å². The number of unbranched alkanes of at least 4 members (excludes halogenated alkanes) is 1. The summed E-state index contributed by atoms with van der Waals surface area (Å²) in [7, 11) is 3.61. The lowest BCUT2D eigenvalue weighted by Crippen LogP contribution is -2.38. The van der Waals surface area contributed by atoms with E-state index >= 15 is 4.39 Å². The molecular weight excluding hydrogens is 527 g/mol. The van der Waals surface area contributed by atoms with Crippen LogP contribution >= 0.6 is 0 Å². The Balaban J connectivity index is 1.61. The number of hydrogen-bond acceptors (Lipinski definition) is 7. The highest BCUT2D eigenvalue weighted by molar-refractivity contribution is 6.06. The van der Waals surface area contributed by atoms with E-state index in [0.717, 1.165) is 41.5 Å². The number of halogens is 1. The van der Waals surface area contributed by atoms with Crippen LogP contribution in [0.3, 0.4) is 0 Å². The van der Waals surface area contributed by atoms with Gasteiger partial charge in [0, 0.05) is 37.0 Å². The van der Waals surface area contributed by atoms with E-state index in [0.29, 0.717) is 30.8 Å². The first-order valence-corrected chi connectivity index (χ1v) is 13.8. The summed E-state index contributed by atoms with van der Waals surface area (Å²) in [6, 6.07) is 12.4. The minimum Gasteiger partial charge on any atom is -0.479 e. The maximum atomic E-state index is 15.2. The largest absolute Gasteiger partial charge is 0.479 e. The molecule has 0 aliphatic carbocycles. The molecule has 2 aromatic heterocycles. The van der Waals surface area contributed by atoms with Gasteiger partial charge in [0.2, 0.25) is 5.91 Å². The molecule has 0 unspecified atom stereocenters. The SMILES string of the molecule is CCCCc1nc2c(N)nc3ccccc3c2n1CCCN(Cc1cccc(OCC(=O)O)c1F)C(=O)CN(C)C. The first kappa shape index (κ1) is 29.7. The highest BCUT2D eigenvalue weighted by Gasteiger charge is 2.21. The molecule has 0 atom stereocenters. The van der Waals surface area contributed by atoms with Crippen LogP contribution in [-0.2, 0) is 29.1 Å². The average molecular weight is 565 g/mol. The van der Waals surface area contributed by atoms with Crippen molar-refractivity contribution in [3.05, 3.63) is 59.7 Å². The van der Waals surface area contributed by atoms with Crippen LogP contribution in [0.2, 0.25) is 0 Å². The van der Waals surface area contributed by atoms with Crippen molar-refractivity contribution in [2.24, 2.45) is 0 Å². The fourth-order valence-electron chi connectivity index (χ4n) is 4.89. The Kier molecular flexibility index (Phi) is 9.72. The highest BCUT2D eigenvalue weighted by Crippen LogP contribution is 2.30. The van der Waals surface area contributed by atoms with Crippen molar-refractivity contribution in [2.75, 3.05) is 39.5 Å². The molecule has 0 spiro atoms. The van der Waals surface area contributed by atoms with E-state index in [1.165, 1.54) is 6.07 Å². The lowest BCUT2D eigenvalue weighted by Gasteiger charge is -2.25. The molecule has 0 saturated heterocycles. The zero-order valence-corrected chi connectivity index (χ0v) is 23.8. The number of imidazole rings is 1. The number of amides is 1. The van der Waals surface area contributed by atoms with Crippen molar-refractivity contribution in [3.8, 4) is 5.75 Å². The number of aliphatic carboxylic acids is 1. The number of carboxylic acid groups (broad SMARTS) is 1. The van der Waals surface area contributed by atoms with Crippen LogP contribution in [0.4, 0.5) is 10.2 Å². The molecule has 10 nitrogen and oxygen atoms in total. The van der Waals surface area contributed by atoms with E-state index in [4.69, 9.17) is 20.6 Å². The number of nitrogens with zero attached hydrogens (tertiary/aromatic N) is 5. The normalized spacial score (nSPS) is 11.4. The number of aromatic nitrogens is 3. The Morgan fingerprint density at radius 2 is 1.88 bits per heavy atom. The fraction of sp³-hybridized carbons (Fsp3) is 0.400. The maximum absolute atomic E-state index is 15.2. The predicted molar refractivity (Wildman–Crippen MR) is 156 cm³/mol. The van der Waals surface area contributed by atoms with Crippen LogP contribution in [0.15, 0.2) is 42.5 Å². The number of carbonyl (C=O) groups is 2. The van der Waals surface area contributed by atoms with Crippen LogP contribution < -0.4 is 10.5 Å². The Bertz CT molecular complexity index is 1540. The highest BCUT2D eigenvalue weighted by atomic mass is 19.1. The third kappa shape index (κ3) is 7.10. The van der Waals surface area contributed by atoms with E-state index < -0.39 is 18.4 Å². The summed E-state index contributed by atoms with van der Waals surface area (Å²) in [6.45, 7) is 2.62. The van der Waals surface area contributed by atoms with Crippen molar-refractivity contribution < 1.29 is 23.8 Å². The molecule has 4 rings (SSSR count). The van der Waals surface area contributed by atoms with Gasteiger partial charge < -0.3 is 29.9 Å². The van der Waals surface area contributed by atoms with E-state index in [1.807, 2.05) is 24.3 Å². The number of hydrogen-bond donors (Lipinski definition) is 2. The van der Waals surface area contributed by atoms with Gasteiger partial charge in [0.1, 0.15) is 11.3 Å². The number of nitrogen functional groups attached to an aromatic ring is 1. The first-order chi connectivity index (χ1) is 19.7. The van der Waals surface area contributed by atoms with Crippen LogP contribution in [0, 0.1) is 5.82 Å². The molecule has 41 heavy (non-hydrogen) atoms. The fourth-order valence-corrected chi connectivity index (χ4v) is 4.89. The molecule has 0 bridgehead atoms. The number of pyridine rings is 1. The van der Waals surface area contributed by atoms with E-state index in [1.54, 1.807) is 36.0 Å². The molecular formula is C30H37FN6O4. The summed E-state index contributed by atoms with van der Waals surface area (Å²) in [5.41, 5.74) is 8.98. The molecule has 0 aliphatic rings. The molecule has 4 aromatic rings. The van der Waals surface area contributed by atoms with Gasteiger partial charge in [-0.1, -0.05) is 43.7 Å². The number of fused-ring (bicyclic) bond motifs is 3. The summed E-state index contributed by atoms with van der Waals surface area (Å²) in [5.74, 6) is -0.868. The Hall–Kier alpha value is -4.25. The number of likely N-dealkylation sites (N-methyl/N-ethyl adjacent to an activating group) is 1. The molecule has 0 radical (unpaired) electrons. The summed E-state index contributed by atoms with van der Waals surface area (Å²) >= 11 is 0. The molecule has 11 heteroatoms.